The van der Waals surface area contributed by atoms with Crippen molar-refractivity contribution in [3.05, 3.63) is 48.2 Å². The van der Waals surface area contributed by atoms with E-state index < -0.39 is 15.8 Å². The Morgan fingerprint density at radius 3 is 2.74 bits per heavy atom. The molecular formula is C12H13FN2O3S. The lowest BCUT2D eigenvalue weighted by atomic mass is 10.3. The maximum Gasteiger partial charge on any atom is 0.242 e. The summed E-state index contributed by atoms with van der Waals surface area (Å²) >= 11 is 0. The molecule has 0 amide bonds. The van der Waals surface area contributed by atoms with Gasteiger partial charge in [-0.25, -0.2) is 17.5 Å². The predicted molar refractivity (Wildman–Crippen MR) is 68.4 cm³/mol. The number of para-hydroxylation sites is 1. The summed E-state index contributed by atoms with van der Waals surface area (Å²) < 4.78 is 44.5. The van der Waals surface area contributed by atoms with Crippen molar-refractivity contribution < 1.29 is 17.2 Å². The van der Waals surface area contributed by atoms with Gasteiger partial charge in [0.2, 0.25) is 10.0 Å². The summed E-state index contributed by atoms with van der Waals surface area (Å²) in [4.78, 5) is -0.257. The molecule has 0 atom stereocenters. The fraction of sp³-hybridized carbons (Fsp3) is 0.167. The van der Waals surface area contributed by atoms with Crippen LogP contribution in [0.4, 0.5) is 10.1 Å². The van der Waals surface area contributed by atoms with Crippen LogP contribution in [0, 0.1) is 5.82 Å². The van der Waals surface area contributed by atoms with Crippen LogP contribution in [-0.2, 0) is 16.4 Å². The molecule has 0 saturated heterocycles. The molecule has 0 aliphatic carbocycles. The van der Waals surface area contributed by atoms with Crippen LogP contribution in [0.25, 0.3) is 0 Å². The van der Waals surface area contributed by atoms with Gasteiger partial charge in [0.05, 0.1) is 12.0 Å². The van der Waals surface area contributed by atoms with Crippen molar-refractivity contribution in [3.8, 4) is 0 Å². The maximum absolute atomic E-state index is 13.2. The van der Waals surface area contributed by atoms with Crippen molar-refractivity contribution in [1.82, 2.24) is 4.72 Å². The molecule has 1 aromatic heterocycles. The lowest BCUT2D eigenvalue weighted by Crippen LogP contribution is -2.26. The Morgan fingerprint density at radius 2 is 2.05 bits per heavy atom. The van der Waals surface area contributed by atoms with E-state index in [2.05, 4.69) is 4.72 Å². The van der Waals surface area contributed by atoms with E-state index in [1.165, 1.54) is 18.4 Å². The van der Waals surface area contributed by atoms with Crippen molar-refractivity contribution in [2.45, 2.75) is 11.3 Å². The van der Waals surface area contributed by atoms with E-state index in [1.54, 1.807) is 12.1 Å². The fourth-order valence-corrected chi connectivity index (χ4v) is 2.76. The molecule has 0 bridgehead atoms. The third kappa shape index (κ3) is 3.12. The van der Waals surface area contributed by atoms with Gasteiger partial charge < -0.3 is 10.2 Å². The summed E-state index contributed by atoms with van der Waals surface area (Å²) in [6, 6.07) is 7.12. The smallest absolute Gasteiger partial charge is 0.242 e. The quantitative estimate of drug-likeness (QED) is 0.815. The van der Waals surface area contributed by atoms with Gasteiger partial charge in [0.25, 0.3) is 0 Å². The lowest BCUT2D eigenvalue weighted by molar-refractivity contribution is 0.506. The zero-order valence-electron chi connectivity index (χ0n) is 9.97. The monoisotopic (exact) mass is 284 g/mol. The average Bonchev–Trinajstić information content (AvgIpc) is 2.85. The average molecular weight is 284 g/mol. The maximum atomic E-state index is 13.2. The van der Waals surface area contributed by atoms with E-state index in [0.29, 0.717) is 12.2 Å². The Labute approximate surface area is 110 Å². The van der Waals surface area contributed by atoms with Crippen LogP contribution >= 0.6 is 0 Å². The van der Waals surface area contributed by atoms with Crippen molar-refractivity contribution in [1.29, 1.82) is 0 Å². The van der Waals surface area contributed by atoms with Crippen molar-refractivity contribution in [2.24, 2.45) is 0 Å². The number of hydrogen-bond donors (Lipinski definition) is 2. The number of nitrogen functional groups attached to an aromatic ring is 1. The highest BCUT2D eigenvalue weighted by molar-refractivity contribution is 7.89. The van der Waals surface area contributed by atoms with Crippen molar-refractivity contribution in [2.75, 3.05) is 12.3 Å². The molecule has 0 radical (unpaired) electrons. The van der Waals surface area contributed by atoms with Crippen molar-refractivity contribution in [3.63, 3.8) is 0 Å². The molecule has 7 heteroatoms. The van der Waals surface area contributed by atoms with Gasteiger partial charge in [-0.05, 0) is 24.3 Å². The number of halogens is 1. The second kappa shape index (κ2) is 5.41. The van der Waals surface area contributed by atoms with E-state index in [4.69, 9.17) is 10.2 Å². The van der Waals surface area contributed by atoms with Gasteiger partial charge in [0.1, 0.15) is 16.5 Å². The van der Waals surface area contributed by atoms with Crippen LogP contribution in [0.3, 0.4) is 0 Å². The van der Waals surface area contributed by atoms with Crippen LogP contribution in [-0.4, -0.2) is 15.0 Å². The van der Waals surface area contributed by atoms with Gasteiger partial charge >= 0.3 is 0 Å². The number of hydrogen-bond acceptors (Lipinski definition) is 4. The Morgan fingerprint density at radius 1 is 1.26 bits per heavy atom. The number of sulfonamides is 1. The highest BCUT2D eigenvalue weighted by atomic mass is 32.2. The summed E-state index contributed by atoms with van der Waals surface area (Å²) in [5.41, 5.74) is 5.04. The fourth-order valence-electron chi connectivity index (χ4n) is 1.59. The summed E-state index contributed by atoms with van der Waals surface area (Å²) in [6.07, 6.45) is 1.91. The molecule has 0 unspecified atom stereocenters. The van der Waals surface area contributed by atoms with Crippen LogP contribution in [0.15, 0.2) is 45.9 Å². The first-order valence-corrected chi connectivity index (χ1v) is 7.05. The third-order valence-corrected chi connectivity index (χ3v) is 4.07. The molecule has 19 heavy (non-hydrogen) atoms. The van der Waals surface area contributed by atoms with E-state index in [0.717, 1.165) is 6.07 Å². The molecule has 102 valence electrons. The Hall–Kier alpha value is -1.86. The lowest BCUT2D eigenvalue weighted by Gasteiger charge is -2.08. The normalized spacial score (nSPS) is 11.6. The van der Waals surface area contributed by atoms with E-state index in [-0.39, 0.29) is 17.1 Å². The third-order valence-electron chi connectivity index (χ3n) is 2.55. The Balaban J connectivity index is 2.08. The van der Waals surface area contributed by atoms with Gasteiger partial charge in [0.15, 0.2) is 0 Å². The largest absolute Gasteiger partial charge is 0.469 e. The van der Waals surface area contributed by atoms with E-state index in [1.807, 2.05) is 0 Å². The molecule has 0 fully saturated rings. The number of nitrogens with one attached hydrogen (secondary N) is 1. The number of benzene rings is 1. The van der Waals surface area contributed by atoms with E-state index in [9.17, 15) is 12.8 Å². The second-order valence-corrected chi connectivity index (χ2v) is 5.61. The molecule has 1 heterocycles. The zero-order valence-corrected chi connectivity index (χ0v) is 10.8. The first-order valence-electron chi connectivity index (χ1n) is 5.57. The van der Waals surface area contributed by atoms with Crippen molar-refractivity contribution >= 4 is 15.7 Å². The van der Waals surface area contributed by atoms with Gasteiger partial charge in [-0.2, -0.15) is 0 Å². The molecule has 0 spiro atoms. The molecule has 3 N–H and O–H groups in total. The SMILES string of the molecule is Nc1c(F)cccc1S(=O)(=O)NCCc1ccco1. The van der Waals surface area contributed by atoms with Crippen LogP contribution in [0.5, 0.6) is 0 Å². The number of anilines is 1. The molecular weight excluding hydrogens is 271 g/mol. The van der Waals surface area contributed by atoms with Gasteiger partial charge in [-0.15, -0.1) is 0 Å². The van der Waals surface area contributed by atoms with Crippen LogP contribution in [0.2, 0.25) is 0 Å². The van der Waals surface area contributed by atoms with Crippen LogP contribution in [0.1, 0.15) is 5.76 Å². The molecule has 0 aliphatic heterocycles. The van der Waals surface area contributed by atoms with Gasteiger partial charge in [0, 0.05) is 13.0 Å². The summed E-state index contributed by atoms with van der Waals surface area (Å²) in [7, 11) is -3.82. The Bertz CT molecular complexity index is 654. The minimum atomic E-state index is -3.82. The zero-order chi connectivity index (χ0) is 13.9. The number of furan rings is 1. The molecule has 0 aliphatic rings. The summed E-state index contributed by atoms with van der Waals surface area (Å²) in [5, 5.41) is 0. The molecule has 0 saturated carbocycles. The first kappa shape index (κ1) is 13.6. The highest BCUT2D eigenvalue weighted by Crippen LogP contribution is 2.20. The molecule has 1 aromatic carbocycles. The molecule has 2 aromatic rings. The minimum Gasteiger partial charge on any atom is -0.469 e. The van der Waals surface area contributed by atoms with Crippen LogP contribution < -0.4 is 10.5 Å². The first-order chi connectivity index (χ1) is 9.00. The predicted octanol–water partition coefficient (Wildman–Crippen LogP) is 1.52. The molecule has 5 nitrogen and oxygen atoms in total. The van der Waals surface area contributed by atoms with Gasteiger partial charge in [-0.1, -0.05) is 6.07 Å². The highest BCUT2D eigenvalue weighted by Gasteiger charge is 2.18. The second-order valence-electron chi connectivity index (χ2n) is 3.88. The number of nitrogens with two attached hydrogens (primary N) is 1. The van der Waals surface area contributed by atoms with Gasteiger partial charge in [-0.3, -0.25) is 0 Å². The van der Waals surface area contributed by atoms with E-state index >= 15 is 0 Å². The summed E-state index contributed by atoms with van der Waals surface area (Å²) in [5.74, 6) is -0.0937. The minimum absolute atomic E-state index is 0.145. The summed E-state index contributed by atoms with van der Waals surface area (Å²) in [6.45, 7) is 0.145. The number of rotatable bonds is 5. The standard InChI is InChI=1S/C12H13FN2O3S/c13-10-4-1-5-11(12(10)14)19(16,17)15-7-6-9-3-2-8-18-9/h1-5,8,15H,6-7,14H2. The Kier molecular flexibility index (Phi) is 3.87. The topological polar surface area (TPSA) is 85.3 Å². The molecule has 2 rings (SSSR count).